The summed E-state index contributed by atoms with van der Waals surface area (Å²) in [5.74, 6) is 2.45. The van der Waals surface area contributed by atoms with Gasteiger partial charge in [-0.3, -0.25) is 4.79 Å². The molecule has 8 nitrogen and oxygen atoms in total. The molecule has 0 fully saturated rings. The molecule has 4 rings (SSSR count). The van der Waals surface area contributed by atoms with Crippen molar-refractivity contribution in [2.45, 2.75) is 54.1 Å². The van der Waals surface area contributed by atoms with Crippen molar-refractivity contribution in [3.8, 4) is 23.0 Å². The fourth-order valence-electron chi connectivity index (χ4n) is 4.95. The van der Waals surface area contributed by atoms with E-state index in [0.717, 1.165) is 58.8 Å². The lowest BCUT2D eigenvalue weighted by Crippen LogP contribution is -2.35. The van der Waals surface area contributed by atoms with Crippen LogP contribution in [0.25, 0.3) is 11.1 Å². The molecule has 0 aliphatic carbocycles. The van der Waals surface area contributed by atoms with Crippen LogP contribution in [0.15, 0.2) is 66.7 Å². The average Bonchev–Trinajstić information content (AvgIpc) is 3.50. The van der Waals surface area contributed by atoms with Gasteiger partial charge in [-0.1, -0.05) is 51.1 Å². The van der Waals surface area contributed by atoms with E-state index in [1.54, 1.807) is 20.8 Å². The van der Waals surface area contributed by atoms with Gasteiger partial charge >= 0.3 is 5.97 Å². The first-order valence-electron chi connectivity index (χ1n) is 15.3. The zero-order chi connectivity index (χ0) is 31.7. The molecule has 1 atom stereocenters. The molecule has 44 heavy (non-hydrogen) atoms. The summed E-state index contributed by atoms with van der Waals surface area (Å²) in [4.78, 5) is 14.3. The topological polar surface area (TPSA) is 86.7 Å². The Morgan fingerprint density at radius 1 is 0.841 bits per heavy atom. The highest BCUT2D eigenvalue weighted by atomic mass is 16.7. The summed E-state index contributed by atoms with van der Waals surface area (Å²) in [5.41, 5.74) is 4.67. The third-order valence-corrected chi connectivity index (χ3v) is 7.50. The van der Waals surface area contributed by atoms with Gasteiger partial charge in [-0.05, 0) is 105 Å². The Kier molecular flexibility index (Phi) is 11.3. The number of aliphatic hydroxyl groups is 1. The summed E-state index contributed by atoms with van der Waals surface area (Å²) >= 11 is 0. The van der Waals surface area contributed by atoms with Crippen molar-refractivity contribution in [2.75, 3.05) is 39.8 Å². The van der Waals surface area contributed by atoms with Crippen molar-refractivity contribution in [1.29, 1.82) is 0 Å². The quantitative estimate of drug-likeness (QED) is 0.122. The Morgan fingerprint density at radius 2 is 1.41 bits per heavy atom. The van der Waals surface area contributed by atoms with Crippen LogP contribution in [0, 0.1) is 5.41 Å². The second kappa shape index (κ2) is 15.1. The van der Waals surface area contributed by atoms with Gasteiger partial charge in [0.2, 0.25) is 13.6 Å². The Hall–Kier alpha value is -4.01. The zero-order valence-corrected chi connectivity index (χ0v) is 26.7. The molecule has 0 saturated carbocycles. The third-order valence-electron chi connectivity index (χ3n) is 7.50. The zero-order valence-electron chi connectivity index (χ0n) is 26.7. The van der Waals surface area contributed by atoms with E-state index in [9.17, 15) is 9.90 Å². The number of fused-ring (bicyclic) bond motifs is 1. The third kappa shape index (κ3) is 8.55. The fourth-order valence-corrected chi connectivity index (χ4v) is 4.95. The first-order valence-corrected chi connectivity index (χ1v) is 15.3. The Bertz CT molecular complexity index is 1400. The molecule has 8 heteroatoms. The number of nitrogens with zero attached hydrogens (tertiary/aromatic N) is 1. The highest BCUT2D eigenvalue weighted by Crippen LogP contribution is 2.40. The molecule has 1 unspecified atom stereocenters. The fraction of sp³-hybridized carbons (Fsp3) is 0.417. The number of carbonyl (C=O) groups is 1. The molecular formula is C36H45NO7. The normalized spacial score (nSPS) is 13.8. The van der Waals surface area contributed by atoms with E-state index < -0.39 is 11.5 Å². The molecule has 236 valence electrons. The number of likely N-dealkylation sites (N-methyl/N-ethyl adjacent to an activating group) is 1. The lowest BCUT2D eigenvalue weighted by Gasteiger charge is -2.22. The Morgan fingerprint density at radius 3 is 1.98 bits per heavy atom. The summed E-state index contributed by atoms with van der Waals surface area (Å²) < 4.78 is 28.1. The summed E-state index contributed by atoms with van der Waals surface area (Å²) in [7, 11) is 0. The van der Waals surface area contributed by atoms with Gasteiger partial charge in [0.15, 0.2) is 11.5 Å². The van der Waals surface area contributed by atoms with E-state index in [4.69, 9.17) is 23.7 Å². The molecule has 0 amide bonds. The van der Waals surface area contributed by atoms with Gasteiger partial charge in [-0.2, -0.15) is 0 Å². The molecule has 0 spiro atoms. The van der Waals surface area contributed by atoms with Gasteiger partial charge in [-0.15, -0.1) is 0 Å². The van der Waals surface area contributed by atoms with Crippen molar-refractivity contribution >= 4 is 17.1 Å². The molecule has 1 aliphatic rings. The average molecular weight is 604 g/mol. The van der Waals surface area contributed by atoms with Crippen LogP contribution in [0.4, 0.5) is 0 Å². The van der Waals surface area contributed by atoms with Crippen LogP contribution in [0.1, 0.15) is 64.7 Å². The van der Waals surface area contributed by atoms with Crippen molar-refractivity contribution in [2.24, 2.45) is 5.41 Å². The van der Waals surface area contributed by atoms with E-state index in [0.29, 0.717) is 18.0 Å². The number of ether oxygens (including phenoxy) is 5. The molecule has 0 aromatic heterocycles. The maximum atomic E-state index is 12.1. The van der Waals surface area contributed by atoms with Gasteiger partial charge in [0.1, 0.15) is 24.2 Å². The number of hydrogen-bond donors (Lipinski definition) is 1. The SMILES string of the molecule is CC/C(=C(\c1ccc(OCOC(=O)C(C)(C)C)cc1)c1ccc(OCC(O)CN(CC)CC)cc1)c1ccc2c(c1)OCO2. The van der Waals surface area contributed by atoms with Crippen molar-refractivity contribution < 1.29 is 33.6 Å². The predicted octanol–water partition coefficient (Wildman–Crippen LogP) is 6.79. The molecule has 1 heterocycles. The van der Waals surface area contributed by atoms with Gasteiger partial charge < -0.3 is 33.7 Å². The maximum Gasteiger partial charge on any atom is 0.314 e. The number of rotatable bonds is 14. The van der Waals surface area contributed by atoms with Crippen LogP contribution in [0.2, 0.25) is 0 Å². The van der Waals surface area contributed by atoms with E-state index in [1.165, 1.54) is 0 Å². The molecular weight excluding hydrogens is 558 g/mol. The molecule has 0 saturated heterocycles. The van der Waals surface area contributed by atoms with Crippen molar-refractivity contribution in [1.82, 2.24) is 4.90 Å². The molecule has 0 radical (unpaired) electrons. The van der Waals surface area contributed by atoms with Crippen LogP contribution >= 0.6 is 0 Å². The van der Waals surface area contributed by atoms with E-state index >= 15 is 0 Å². The minimum Gasteiger partial charge on any atom is -0.491 e. The second-order valence-electron chi connectivity index (χ2n) is 11.7. The van der Waals surface area contributed by atoms with Crippen molar-refractivity contribution in [3.63, 3.8) is 0 Å². The second-order valence-corrected chi connectivity index (χ2v) is 11.7. The van der Waals surface area contributed by atoms with E-state index in [1.807, 2.05) is 60.7 Å². The lowest BCUT2D eigenvalue weighted by molar-refractivity contribution is -0.159. The highest BCUT2D eigenvalue weighted by molar-refractivity contribution is 5.99. The molecule has 3 aromatic rings. The minimum absolute atomic E-state index is 0.152. The summed E-state index contributed by atoms with van der Waals surface area (Å²) in [6, 6.07) is 21.8. The van der Waals surface area contributed by atoms with Crippen LogP contribution in [-0.2, 0) is 9.53 Å². The monoisotopic (exact) mass is 603 g/mol. The Labute approximate surface area is 261 Å². The molecule has 1 aliphatic heterocycles. The number of benzene rings is 3. The number of allylic oxidation sites excluding steroid dienone is 1. The number of aliphatic hydroxyl groups excluding tert-OH is 1. The van der Waals surface area contributed by atoms with E-state index in [2.05, 4.69) is 31.7 Å². The maximum absolute atomic E-state index is 12.1. The number of esters is 1. The number of hydrogen-bond acceptors (Lipinski definition) is 8. The van der Waals surface area contributed by atoms with Gasteiger partial charge in [-0.25, -0.2) is 0 Å². The Balaban J connectivity index is 1.60. The summed E-state index contributed by atoms with van der Waals surface area (Å²) in [6.07, 6.45) is 0.201. The predicted molar refractivity (Wildman–Crippen MR) is 172 cm³/mol. The summed E-state index contributed by atoms with van der Waals surface area (Å²) in [6.45, 7) is 14.4. The molecule has 3 aromatic carbocycles. The largest absolute Gasteiger partial charge is 0.491 e. The highest BCUT2D eigenvalue weighted by Gasteiger charge is 2.23. The first kappa shape index (κ1) is 32.9. The summed E-state index contributed by atoms with van der Waals surface area (Å²) in [5, 5.41) is 10.4. The van der Waals surface area contributed by atoms with Gasteiger partial charge in [0.25, 0.3) is 0 Å². The minimum atomic E-state index is -0.593. The molecule has 0 bridgehead atoms. The molecule has 1 N–H and O–H groups in total. The van der Waals surface area contributed by atoms with Crippen molar-refractivity contribution in [3.05, 3.63) is 83.4 Å². The standard InChI is InChI=1S/C36H45NO7/c1-7-31(27-14-19-32-33(20-27)43-24-42-32)34(26-12-17-30(18-13-26)41-23-44-35(39)36(4,5)6)25-10-15-29(16-11-25)40-22-28(38)21-37(8-2)9-3/h10-20,28,38H,7-9,21-24H2,1-6H3/b34-31+. The number of carbonyl (C=O) groups excluding carboxylic acids is 1. The van der Waals surface area contributed by atoms with Gasteiger partial charge in [0.05, 0.1) is 5.41 Å². The van der Waals surface area contributed by atoms with Crippen LogP contribution < -0.4 is 18.9 Å². The first-order chi connectivity index (χ1) is 21.1. The lowest BCUT2D eigenvalue weighted by atomic mass is 9.88. The smallest absolute Gasteiger partial charge is 0.314 e. The van der Waals surface area contributed by atoms with E-state index in [-0.39, 0.29) is 26.2 Å². The van der Waals surface area contributed by atoms with Gasteiger partial charge in [0, 0.05) is 6.54 Å². The van der Waals surface area contributed by atoms with Crippen LogP contribution in [0.5, 0.6) is 23.0 Å². The van der Waals surface area contributed by atoms with Crippen LogP contribution in [-0.4, -0.2) is 61.9 Å². The van der Waals surface area contributed by atoms with Crippen LogP contribution in [0.3, 0.4) is 0 Å².